The van der Waals surface area contributed by atoms with Gasteiger partial charge in [0.05, 0.1) is 0 Å². The van der Waals surface area contributed by atoms with Crippen molar-refractivity contribution in [2.45, 2.75) is 76.3 Å². The molecule has 0 atom stereocenters. The average molecular weight is 407 g/mol. The molecule has 0 unspecified atom stereocenters. The predicted molar refractivity (Wildman–Crippen MR) is 89.8 cm³/mol. The number of amides is 5. The van der Waals surface area contributed by atoms with Gasteiger partial charge in [-0.1, -0.05) is 38.5 Å². The quantitative estimate of drug-likeness (QED) is 0.573. The van der Waals surface area contributed by atoms with Gasteiger partial charge in [0.25, 0.3) is 11.8 Å². The van der Waals surface area contributed by atoms with Crippen LogP contribution in [-0.2, 0) is 31.2 Å². The first-order valence-electron chi connectivity index (χ1n) is 9.33. The number of imide groups is 2. The van der Waals surface area contributed by atoms with Gasteiger partial charge < -0.3 is 5.32 Å². The molecule has 1 N–H and O–H groups in total. The molecule has 2 saturated carbocycles. The van der Waals surface area contributed by atoms with Gasteiger partial charge in [0.2, 0.25) is 5.91 Å². The molecule has 2 aliphatic carbocycles. The van der Waals surface area contributed by atoms with E-state index in [0.717, 1.165) is 64.2 Å². The molecule has 7 nitrogen and oxygen atoms in total. The van der Waals surface area contributed by atoms with Crippen molar-refractivity contribution in [3.05, 3.63) is 7.05 Å². The van der Waals surface area contributed by atoms with Gasteiger partial charge in [-0.3, -0.25) is 31.2 Å². The number of carbonyl (C=O) groups excluding carboxylic acids is 4. The molecule has 26 heavy (non-hydrogen) atoms. The molecule has 1 radical (unpaired) electrons. The van der Waals surface area contributed by atoms with Crippen molar-refractivity contribution in [1.29, 1.82) is 0 Å². The van der Waals surface area contributed by atoms with E-state index in [1.54, 1.807) is 0 Å². The first-order valence-corrected chi connectivity index (χ1v) is 9.33. The van der Waals surface area contributed by atoms with Gasteiger partial charge in [0.1, 0.15) is 0 Å². The van der Waals surface area contributed by atoms with Gasteiger partial charge in [0, 0.05) is 28.9 Å². The van der Waals surface area contributed by atoms with Gasteiger partial charge in [0.15, 0.2) is 5.92 Å². The van der Waals surface area contributed by atoms with E-state index in [1.165, 1.54) is 9.80 Å². The number of barbiturate groups is 1. The Morgan fingerprint density at radius 1 is 0.808 bits per heavy atom. The maximum atomic E-state index is 13.1. The van der Waals surface area contributed by atoms with E-state index in [4.69, 9.17) is 0 Å². The minimum absolute atomic E-state index is 0. The summed E-state index contributed by atoms with van der Waals surface area (Å²) < 4.78 is 0. The Hall–Kier alpha value is -1.41. The number of nitrogens with one attached hydrogen (secondary N) is 1. The van der Waals surface area contributed by atoms with Gasteiger partial charge in [-0.15, -0.1) is 0 Å². The molecule has 8 heteroatoms. The van der Waals surface area contributed by atoms with Crippen molar-refractivity contribution >= 4 is 23.8 Å². The molecule has 0 spiro atoms. The average Bonchev–Trinajstić information content (AvgIpc) is 2.63. The predicted octanol–water partition coefficient (Wildman–Crippen LogP) is 1.96. The standard InChI is InChI=1S/C18H26N3O4.Co/c1-19-15(22)14-16(23)20(12-8-4-2-5-9-12)18(25)21(17(14)24)13-10-6-3-7-11-13;/h12-14H,1-11H2,(H,19,22);/q-1;. The van der Waals surface area contributed by atoms with E-state index in [1.807, 2.05) is 0 Å². The zero-order chi connectivity index (χ0) is 18.0. The second-order valence-electron chi connectivity index (χ2n) is 7.26. The van der Waals surface area contributed by atoms with Crippen molar-refractivity contribution < 1.29 is 36.0 Å². The molecule has 0 bridgehead atoms. The van der Waals surface area contributed by atoms with Crippen molar-refractivity contribution in [2.24, 2.45) is 5.92 Å². The van der Waals surface area contributed by atoms with Crippen molar-refractivity contribution in [2.75, 3.05) is 0 Å². The fraction of sp³-hybridized carbons (Fsp3) is 0.722. The largest absolute Gasteiger partial charge is 0.507 e. The topological polar surface area (TPSA) is 86.8 Å². The Balaban J connectivity index is 0.00000243. The third-order valence-corrected chi connectivity index (χ3v) is 5.70. The van der Waals surface area contributed by atoms with Gasteiger partial charge in [-0.05, 0) is 25.7 Å². The van der Waals surface area contributed by atoms with Crippen LogP contribution in [0.2, 0.25) is 0 Å². The molecule has 0 aromatic carbocycles. The van der Waals surface area contributed by atoms with Crippen LogP contribution in [0.15, 0.2) is 0 Å². The van der Waals surface area contributed by atoms with Crippen LogP contribution in [0.25, 0.3) is 0 Å². The number of hydrogen-bond donors (Lipinski definition) is 1. The van der Waals surface area contributed by atoms with E-state index in [-0.39, 0.29) is 28.9 Å². The molecular weight excluding hydrogens is 381 g/mol. The molecule has 5 amide bonds. The number of rotatable bonds is 3. The summed E-state index contributed by atoms with van der Waals surface area (Å²) in [5, 5.41) is 2.16. The Labute approximate surface area is 164 Å². The Bertz CT molecular complexity index is 531. The van der Waals surface area contributed by atoms with Crippen LogP contribution in [-0.4, -0.2) is 45.6 Å². The Morgan fingerprint density at radius 2 is 1.19 bits per heavy atom. The van der Waals surface area contributed by atoms with Gasteiger partial charge >= 0.3 is 6.03 Å². The zero-order valence-corrected chi connectivity index (χ0v) is 15.9. The number of hydrogen-bond acceptors (Lipinski definition) is 4. The van der Waals surface area contributed by atoms with E-state index < -0.39 is 29.7 Å². The van der Waals surface area contributed by atoms with Crippen LogP contribution in [0.3, 0.4) is 0 Å². The molecular formula is C18H26CoN3O4-. The molecule has 1 heterocycles. The second-order valence-corrected chi connectivity index (χ2v) is 7.26. The third kappa shape index (κ3) is 3.81. The van der Waals surface area contributed by atoms with E-state index in [2.05, 4.69) is 12.4 Å². The minimum atomic E-state index is -1.49. The zero-order valence-electron chi connectivity index (χ0n) is 14.9. The molecule has 147 valence electrons. The first kappa shape index (κ1) is 20.9. The van der Waals surface area contributed by atoms with Crippen LogP contribution >= 0.6 is 0 Å². The van der Waals surface area contributed by atoms with Crippen LogP contribution in [0.4, 0.5) is 4.79 Å². The van der Waals surface area contributed by atoms with E-state index >= 15 is 0 Å². The third-order valence-electron chi connectivity index (χ3n) is 5.70. The van der Waals surface area contributed by atoms with Crippen LogP contribution < -0.4 is 5.32 Å². The summed E-state index contributed by atoms with van der Waals surface area (Å²) in [4.78, 5) is 53.3. The van der Waals surface area contributed by atoms with Gasteiger partial charge in [-0.25, -0.2) is 4.79 Å². The fourth-order valence-corrected chi connectivity index (χ4v) is 4.37. The van der Waals surface area contributed by atoms with Crippen molar-refractivity contribution in [1.82, 2.24) is 15.1 Å². The maximum Gasteiger partial charge on any atom is 0.333 e. The fourth-order valence-electron chi connectivity index (χ4n) is 4.37. The summed E-state index contributed by atoms with van der Waals surface area (Å²) in [6, 6.07) is -0.956. The van der Waals surface area contributed by atoms with Crippen LogP contribution in [0.1, 0.15) is 64.2 Å². The van der Waals surface area contributed by atoms with Crippen LogP contribution in [0, 0.1) is 13.0 Å². The molecule has 3 fully saturated rings. The number of nitrogens with zero attached hydrogens (tertiary/aromatic N) is 2. The summed E-state index contributed by atoms with van der Waals surface area (Å²) >= 11 is 0. The molecule has 1 saturated heterocycles. The van der Waals surface area contributed by atoms with E-state index in [0.29, 0.717) is 0 Å². The van der Waals surface area contributed by atoms with E-state index in [9.17, 15) is 19.2 Å². The number of urea groups is 1. The Kier molecular flexibility index (Phi) is 7.22. The second kappa shape index (κ2) is 8.99. The molecule has 3 aliphatic rings. The molecule has 0 aromatic heterocycles. The monoisotopic (exact) mass is 407 g/mol. The molecule has 3 rings (SSSR count). The summed E-state index contributed by atoms with van der Waals surface area (Å²) in [6.07, 6.45) is 8.92. The van der Waals surface area contributed by atoms with Gasteiger partial charge in [-0.2, -0.15) is 0 Å². The molecule has 0 aromatic rings. The molecule has 1 aliphatic heterocycles. The Morgan fingerprint density at radius 3 is 1.54 bits per heavy atom. The smallest absolute Gasteiger partial charge is 0.333 e. The maximum absolute atomic E-state index is 13.1. The normalized spacial score (nSPS) is 23.8. The minimum Gasteiger partial charge on any atom is -0.507 e. The summed E-state index contributed by atoms with van der Waals surface area (Å²) in [6.45, 7) is 0. The first-order chi connectivity index (χ1) is 12.1. The summed E-state index contributed by atoms with van der Waals surface area (Å²) in [5.74, 6) is -3.59. The number of carbonyl (C=O) groups is 4. The SMILES string of the molecule is [CH2-]NC(=O)C1C(=O)N(C2CCCCC2)C(=O)N(C2CCCCC2)C1=O.[Co]. The van der Waals surface area contributed by atoms with Crippen molar-refractivity contribution in [3.63, 3.8) is 0 Å². The van der Waals surface area contributed by atoms with Crippen LogP contribution in [0.5, 0.6) is 0 Å². The summed E-state index contributed by atoms with van der Waals surface area (Å²) in [5.41, 5.74) is 0. The van der Waals surface area contributed by atoms with Crippen molar-refractivity contribution in [3.8, 4) is 0 Å². The summed E-state index contributed by atoms with van der Waals surface area (Å²) in [7, 11) is 3.30.